The third-order valence-corrected chi connectivity index (χ3v) is 3.91. The van der Waals surface area contributed by atoms with Crippen molar-refractivity contribution < 1.29 is 28.7 Å². The van der Waals surface area contributed by atoms with Gasteiger partial charge in [-0.3, -0.25) is 9.63 Å². The molecule has 0 saturated carbocycles. The summed E-state index contributed by atoms with van der Waals surface area (Å²) in [6.07, 6.45) is 1.26. The fourth-order valence-electron chi connectivity index (χ4n) is 2.14. The Hall–Kier alpha value is -2.51. The zero-order chi connectivity index (χ0) is 18.7. The summed E-state index contributed by atoms with van der Waals surface area (Å²) < 4.78 is 20.2. The summed E-state index contributed by atoms with van der Waals surface area (Å²) in [6, 6.07) is 4.48. The van der Waals surface area contributed by atoms with Crippen molar-refractivity contribution in [3.63, 3.8) is 0 Å². The van der Waals surface area contributed by atoms with Gasteiger partial charge in [0.05, 0.1) is 30.5 Å². The highest BCUT2D eigenvalue weighted by molar-refractivity contribution is 14.1. The van der Waals surface area contributed by atoms with Crippen LogP contribution in [0.4, 0.5) is 15.8 Å². The summed E-state index contributed by atoms with van der Waals surface area (Å²) in [4.78, 5) is 17.0. The number of nitrogens with zero attached hydrogens (tertiary/aromatic N) is 2. The first-order valence-corrected chi connectivity index (χ1v) is 8.31. The Bertz CT molecular complexity index is 965. The van der Waals surface area contributed by atoms with E-state index >= 15 is 0 Å². The number of benzene rings is 1. The highest BCUT2D eigenvalue weighted by Gasteiger charge is 2.24. The van der Waals surface area contributed by atoms with Crippen LogP contribution in [0.5, 0.6) is 5.88 Å². The second kappa shape index (κ2) is 7.80. The number of fused-ring (bicyclic) bond motifs is 1. The van der Waals surface area contributed by atoms with Crippen molar-refractivity contribution >= 4 is 50.8 Å². The van der Waals surface area contributed by atoms with Crippen LogP contribution in [0.15, 0.2) is 28.8 Å². The van der Waals surface area contributed by atoms with Crippen LogP contribution in [0.1, 0.15) is 10.6 Å². The number of amides is 1. The zero-order valence-electron chi connectivity index (χ0n) is 13.0. The Kier molecular flexibility index (Phi) is 5.49. The summed E-state index contributed by atoms with van der Waals surface area (Å²) in [5, 5.41) is 28.5. The van der Waals surface area contributed by atoms with Gasteiger partial charge in [0.25, 0.3) is 5.88 Å². The zero-order valence-corrected chi connectivity index (χ0v) is 15.2. The molecule has 0 aliphatic heterocycles. The third-order valence-electron chi connectivity index (χ3n) is 3.24. The smallest absolute Gasteiger partial charge is 0.312 e. The molecule has 9 nitrogen and oxygen atoms in total. The van der Waals surface area contributed by atoms with Crippen molar-refractivity contribution in [2.75, 3.05) is 18.5 Å². The number of nitrogens with one attached hydrogen (secondary N) is 2. The lowest BCUT2D eigenvalue weighted by Gasteiger charge is -2.09. The Morgan fingerprint density at radius 1 is 1.42 bits per heavy atom. The van der Waals surface area contributed by atoms with E-state index in [-0.39, 0.29) is 41.3 Å². The maximum absolute atomic E-state index is 14.2. The Labute approximate surface area is 159 Å². The minimum atomic E-state index is -0.803. The van der Waals surface area contributed by atoms with Crippen molar-refractivity contribution in [2.24, 2.45) is 0 Å². The summed E-state index contributed by atoms with van der Waals surface area (Å²) in [6.45, 7) is -0.428. The van der Waals surface area contributed by atoms with E-state index in [2.05, 4.69) is 21.0 Å². The highest BCUT2D eigenvalue weighted by Crippen LogP contribution is 2.36. The van der Waals surface area contributed by atoms with Crippen LogP contribution in [-0.4, -0.2) is 39.5 Å². The molecule has 26 heavy (non-hydrogen) atoms. The number of carbonyl (C=O) groups excluding carboxylic acids is 1. The molecule has 0 saturated heterocycles. The minimum absolute atomic E-state index is 0.0791. The van der Waals surface area contributed by atoms with E-state index in [0.717, 1.165) is 0 Å². The molecule has 3 rings (SSSR count). The number of aromatic nitrogens is 2. The van der Waals surface area contributed by atoms with E-state index in [9.17, 15) is 14.3 Å². The fraction of sp³-hybridized carbons (Fsp3) is 0.133. The van der Waals surface area contributed by atoms with Gasteiger partial charge in [-0.05, 0) is 40.8 Å². The van der Waals surface area contributed by atoms with Gasteiger partial charge in [-0.25, -0.2) is 9.87 Å². The molecule has 2 heterocycles. The van der Waals surface area contributed by atoms with E-state index in [1.807, 2.05) is 22.6 Å². The van der Waals surface area contributed by atoms with E-state index in [1.54, 1.807) is 6.07 Å². The number of hydrogen-bond donors (Lipinski definition) is 4. The van der Waals surface area contributed by atoms with Gasteiger partial charge in [-0.1, -0.05) is 0 Å². The number of halogens is 2. The highest BCUT2D eigenvalue weighted by atomic mass is 127. The SMILES string of the molecule is O=C(NOCCO)c1oc2c(O)nncc2c1Nc1ccc(I)cc1F. The van der Waals surface area contributed by atoms with Gasteiger partial charge in [0.1, 0.15) is 11.5 Å². The molecule has 136 valence electrons. The second-order valence-electron chi connectivity index (χ2n) is 4.97. The number of carbonyl (C=O) groups is 1. The standard InChI is InChI=1S/C15H12FIN4O5/c16-9-5-7(17)1-2-10(9)19-11-8-6-18-20-14(23)12(8)26-13(11)15(24)21-25-4-3-22/h1-2,5-6,19,22H,3-4H2,(H,20,23)(H,21,24). The van der Waals surface area contributed by atoms with Gasteiger partial charge in [0.15, 0.2) is 0 Å². The van der Waals surface area contributed by atoms with Gasteiger partial charge in [-0.15, -0.1) is 5.10 Å². The lowest BCUT2D eigenvalue weighted by atomic mass is 10.2. The van der Waals surface area contributed by atoms with E-state index in [4.69, 9.17) is 14.4 Å². The first kappa shape index (κ1) is 18.3. The van der Waals surface area contributed by atoms with E-state index < -0.39 is 17.6 Å². The van der Waals surface area contributed by atoms with Crippen molar-refractivity contribution in [3.8, 4) is 5.88 Å². The molecule has 0 aliphatic carbocycles. The molecule has 1 amide bonds. The molecular formula is C15H12FIN4O5. The van der Waals surface area contributed by atoms with Crippen molar-refractivity contribution in [2.45, 2.75) is 0 Å². The summed E-state index contributed by atoms with van der Waals surface area (Å²) in [7, 11) is 0. The van der Waals surface area contributed by atoms with Crippen molar-refractivity contribution in [1.29, 1.82) is 0 Å². The first-order valence-electron chi connectivity index (χ1n) is 7.23. The summed E-state index contributed by atoms with van der Waals surface area (Å²) in [5.41, 5.74) is 2.16. The molecule has 0 spiro atoms. The topological polar surface area (TPSA) is 130 Å². The number of furan rings is 1. The Morgan fingerprint density at radius 2 is 2.23 bits per heavy atom. The molecule has 3 aromatic rings. The monoisotopic (exact) mass is 474 g/mol. The number of aromatic hydroxyl groups is 1. The summed E-state index contributed by atoms with van der Waals surface area (Å²) in [5.74, 6) is -2.15. The molecule has 0 radical (unpaired) electrons. The van der Waals surface area contributed by atoms with Gasteiger partial charge in [0.2, 0.25) is 11.3 Å². The number of hydrogen-bond acceptors (Lipinski definition) is 8. The van der Waals surface area contributed by atoms with Gasteiger partial charge in [-0.2, -0.15) is 5.10 Å². The maximum Gasteiger partial charge on any atom is 0.312 e. The van der Waals surface area contributed by atoms with Gasteiger partial charge >= 0.3 is 5.91 Å². The number of hydroxylamine groups is 1. The van der Waals surface area contributed by atoms with Crippen LogP contribution in [0.3, 0.4) is 0 Å². The molecule has 4 N–H and O–H groups in total. The third kappa shape index (κ3) is 3.68. The van der Waals surface area contributed by atoms with E-state index in [0.29, 0.717) is 3.57 Å². The number of anilines is 2. The van der Waals surface area contributed by atoms with E-state index in [1.165, 1.54) is 18.3 Å². The lowest BCUT2D eigenvalue weighted by Crippen LogP contribution is -2.25. The Morgan fingerprint density at radius 3 is 2.96 bits per heavy atom. The largest absolute Gasteiger partial charge is 0.490 e. The average molecular weight is 474 g/mol. The minimum Gasteiger partial charge on any atom is -0.490 e. The normalized spacial score (nSPS) is 10.9. The van der Waals surface area contributed by atoms with Crippen LogP contribution in [-0.2, 0) is 4.84 Å². The summed E-state index contributed by atoms with van der Waals surface area (Å²) >= 11 is 1.97. The predicted octanol–water partition coefficient (Wildman–Crippen LogP) is 2.07. The molecular weight excluding hydrogens is 462 g/mol. The van der Waals surface area contributed by atoms with Crippen LogP contribution in [0, 0.1) is 9.39 Å². The van der Waals surface area contributed by atoms with Gasteiger partial charge < -0.3 is 19.9 Å². The lowest BCUT2D eigenvalue weighted by molar-refractivity contribution is 0.0152. The quantitative estimate of drug-likeness (QED) is 0.243. The molecule has 2 aromatic heterocycles. The molecule has 0 unspecified atom stereocenters. The molecule has 0 atom stereocenters. The number of rotatable bonds is 6. The van der Waals surface area contributed by atoms with Crippen molar-refractivity contribution in [3.05, 3.63) is 39.5 Å². The number of aliphatic hydroxyl groups excluding tert-OH is 1. The average Bonchev–Trinajstić information content (AvgIpc) is 2.98. The van der Waals surface area contributed by atoms with Crippen LogP contribution >= 0.6 is 22.6 Å². The van der Waals surface area contributed by atoms with Crippen molar-refractivity contribution in [1.82, 2.24) is 15.7 Å². The first-order chi connectivity index (χ1) is 12.5. The molecule has 1 aromatic carbocycles. The number of aliphatic hydroxyl groups is 1. The second-order valence-corrected chi connectivity index (χ2v) is 6.22. The van der Waals surface area contributed by atoms with Crippen LogP contribution in [0.2, 0.25) is 0 Å². The van der Waals surface area contributed by atoms with Gasteiger partial charge in [0, 0.05) is 3.57 Å². The molecule has 0 aliphatic rings. The Balaban J connectivity index is 2.04. The van der Waals surface area contributed by atoms with Crippen LogP contribution in [0.25, 0.3) is 11.0 Å². The van der Waals surface area contributed by atoms with Crippen LogP contribution < -0.4 is 10.8 Å². The molecule has 0 bridgehead atoms. The molecule has 0 fully saturated rings. The fourth-order valence-corrected chi connectivity index (χ4v) is 2.59. The predicted molar refractivity (Wildman–Crippen MR) is 96.4 cm³/mol. The molecule has 11 heteroatoms. The maximum atomic E-state index is 14.2.